The lowest BCUT2D eigenvalue weighted by Gasteiger charge is -2.25. The lowest BCUT2D eigenvalue weighted by atomic mass is 9.89. The van der Waals surface area contributed by atoms with E-state index in [0.29, 0.717) is 17.3 Å². The highest BCUT2D eigenvalue weighted by Gasteiger charge is 2.21. The second kappa shape index (κ2) is 6.32. The first-order valence-electron chi connectivity index (χ1n) is 7.23. The molecule has 1 heterocycles. The van der Waals surface area contributed by atoms with Crippen LogP contribution in [0.25, 0.3) is 10.1 Å². The minimum atomic E-state index is -0.272. The summed E-state index contributed by atoms with van der Waals surface area (Å²) in [4.78, 5) is 12.8. The SMILES string of the molecule is O=C(NCC1CCCC(Cl)C1)c1cc2ccc(F)cc2s1. The first-order chi connectivity index (χ1) is 10.1. The van der Waals surface area contributed by atoms with E-state index in [0.717, 1.165) is 35.8 Å². The van der Waals surface area contributed by atoms with E-state index in [1.165, 1.54) is 23.5 Å². The Kier molecular flexibility index (Phi) is 4.45. The number of carbonyl (C=O) groups is 1. The molecular weight excluding hydrogens is 309 g/mol. The van der Waals surface area contributed by atoms with Crippen molar-refractivity contribution in [1.82, 2.24) is 5.32 Å². The van der Waals surface area contributed by atoms with Crippen molar-refractivity contribution in [3.8, 4) is 0 Å². The third kappa shape index (κ3) is 3.55. The van der Waals surface area contributed by atoms with Crippen molar-refractivity contribution in [3.05, 3.63) is 35.0 Å². The molecule has 0 aliphatic heterocycles. The number of amides is 1. The summed E-state index contributed by atoms with van der Waals surface area (Å²) < 4.78 is 14.0. The smallest absolute Gasteiger partial charge is 0.261 e. The predicted octanol–water partition coefficient (Wildman–Crippen LogP) is 4.57. The van der Waals surface area contributed by atoms with Crippen LogP contribution in [0.1, 0.15) is 35.4 Å². The van der Waals surface area contributed by atoms with Gasteiger partial charge in [0.25, 0.3) is 5.91 Å². The largest absolute Gasteiger partial charge is 0.351 e. The molecule has 2 unspecified atom stereocenters. The lowest BCUT2D eigenvalue weighted by Crippen LogP contribution is -2.31. The zero-order valence-electron chi connectivity index (χ0n) is 11.6. The molecule has 2 nitrogen and oxygen atoms in total. The van der Waals surface area contributed by atoms with Gasteiger partial charge in [0.05, 0.1) is 4.88 Å². The average Bonchev–Trinajstić information content (AvgIpc) is 2.88. The van der Waals surface area contributed by atoms with Crippen LogP contribution in [-0.2, 0) is 0 Å². The van der Waals surface area contributed by atoms with Gasteiger partial charge in [-0.15, -0.1) is 22.9 Å². The molecule has 1 aromatic carbocycles. The molecule has 1 saturated carbocycles. The molecule has 3 rings (SSSR count). The normalized spacial score (nSPS) is 22.4. The molecule has 1 amide bonds. The molecule has 1 N–H and O–H groups in total. The minimum absolute atomic E-state index is 0.0756. The first kappa shape index (κ1) is 14.8. The predicted molar refractivity (Wildman–Crippen MR) is 85.7 cm³/mol. The highest BCUT2D eigenvalue weighted by atomic mass is 35.5. The second-order valence-electron chi connectivity index (χ2n) is 5.63. The van der Waals surface area contributed by atoms with Gasteiger partial charge in [0.15, 0.2) is 0 Å². The standard InChI is InChI=1S/C16H17ClFNOS/c17-12-3-1-2-10(6-12)9-19-16(20)15-7-11-4-5-13(18)8-14(11)21-15/h4-5,7-8,10,12H,1-3,6,9H2,(H,19,20). The maximum absolute atomic E-state index is 13.2. The van der Waals surface area contributed by atoms with Crippen LogP contribution in [-0.4, -0.2) is 17.8 Å². The third-order valence-corrected chi connectivity index (χ3v) is 5.47. The zero-order chi connectivity index (χ0) is 14.8. The van der Waals surface area contributed by atoms with Gasteiger partial charge in [-0.05, 0) is 48.8 Å². The van der Waals surface area contributed by atoms with Crippen molar-refractivity contribution >= 4 is 38.9 Å². The molecule has 0 radical (unpaired) electrons. The number of hydrogen-bond donors (Lipinski definition) is 1. The van der Waals surface area contributed by atoms with Crippen LogP contribution >= 0.6 is 22.9 Å². The summed E-state index contributed by atoms with van der Waals surface area (Å²) in [6, 6.07) is 6.41. The van der Waals surface area contributed by atoms with Crippen LogP contribution in [0.3, 0.4) is 0 Å². The number of thiophene rings is 1. The fourth-order valence-electron chi connectivity index (χ4n) is 2.85. The highest BCUT2D eigenvalue weighted by molar-refractivity contribution is 7.20. The zero-order valence-corrected chi connectivity index (χ0v) is 13.1. The number of nitrogens with one attached hydrogen (secondary N) is 1. The number of hydrogen-bond acceptors (Lipinski definition) is 2. The molecule has 1 aliphatic rings. The van der Waals surface area contributed by atoms with Crippen molar-refractivity contribution in [2.24, 2.45) is 5.92 Å². The molecule has 0 saturated heterocycles. The topological polar surface area (TPSA) is 29.1 Å². The van der Waals surface area contributed by atoms with Gasteiger partial charge in [0.1, 0.15) is 5.82 Å². The van der Waals surface area contributed by atoms with Crippen LogP contribution in [0.5, 0.6) is 0 Å². The van der Waals surface area contributed by atoms with Crippen LogP contribution in [0, 0.1) is 11.7 Å². The molecule has 1 fully saturated rings. The molecule has 2 aromatic rings. The van der Waals surface area contributed by atoms with Gasteiger partial charge in [-0.1, -0.05) is 12.5 Å². The Morgan fingerprint density at radius 1 is 1.38 bits per heavy atom. The Morgan fingerprint density at radius 2 is 2.24 bits per heavy atom. The van der Waals surface area contributed by atoms with E-state index in [4.69, 9.17) is 11.6 Å². The summed E-state index contributed by atoms with van der Waals surface area (Å²) in [5.74, 6) is 0.122. The summed E-state index contributed by atoms with van der Waals surface area (Å²) in [7, 11) is 0. The lowest BCUT2D eigenvalue weighted by molar-refractivity contribution is 0.0948. The summed E-state index contributed by atoms with van der Waals surface area (Å²) in [5, 5.41) is 4.13. The number of rotatable bonds is 3. The Morgan fingerprint density at radius 3 is 3.05 bits per heavy atom. The van der Waals surface area contributed by atoms with Gasteiger partial charge < -0.3 is 5.32 Å². The number of halogens is 2. The third-order valence-electron chi connectivity index (χ3n) is 3.98. The highest BCUT2D eigenvalue weighted by Crippen LogP contribution is 2.28. The number of alkyl halides is 1. The van der Waals surface area contributed by atoms with E-state index in [1.807, 2.05) is 6.07 Å². The van der Waals surface area contributed by atoms with Crippen LogP contribution < -0.4 is 5.32 Å². The molecule has 0 spiro atoms. The van der Waals surface area contributed by atoms with E-state index < -0.39 is 0 Å². The van der Waals surface area contributed by atoms with Crippen molar-refractivity contribution in [1.29, 1.82) is 0 Å². The van der Waals surface area contributed by atoms with Crippen LogP contribution in [0.2, 0.25) is 0 Å². The average molecular weight is 326 g/mol. The molecule has 1 aliphatic carbocycles. The maximum atomic E-state index is 13.2. The molecule has 2 atom stereocenters. The van der Waals surface area contributed by atoms with Crippen molar-refractivity contribution in [2.45, 2.75) is 31.1 Å². The van der Waals surface area contributed by atoms with E-state index in [-0.39, 0.29) is 17.1 Å². The van der Waals surface area contributed by atoms with E-state index >= 15 is 0 Å². The van der Waals surface area contributed by atoms with Gasteiger partial charge in [0, 0.05) is 16.6 Å². The van der Waals surface area contributed by atoms with Gasteiger partial charge in [0.2, 0.25) is 0 Å². The van der Waals surface area contributed by atoms with E-state index in [2.05, 4.69) is 5.32 Å². The minimum Gasteiger partial charge on any atom is -0.351 e. The molecule has 0 bridgehead atoms. The summed E-state index contributed by atoms with van der Waals surface area (Å²) in [6.45, 7) is 0.671. The van der Waals surface area contributed by atoms with Crippen molar-refractivity contribution in [2.75, 3.05) is 6.54 Å². The molecule has 5 heteroatoms. The first-order valence-corrected chi connectivity index (χ1v) is 8.48. The van der Waals surface area contributed by atoms with Gasteiger partial charge >= 0.3 is 0 Å². The molecule has 112 valence electrons. The Labute approximate surface area is 132 Å². The summed E-state index contributed by atoms with van der Waals surface area (Å²) in [5.41, 5.74) is 0. The number of benzene rings is 1. The second-order valence-corrected chi connectivity index (χ2v) is 7.33. The Hall–Kier alpha value is -1.13. The Balaban J connectivity index is 1.63. The monoisotopic (exact) mass is 325 g/mol. The van der Waals surface area contributed by atoms with Crippen molar-refractivity contribution in [3.63, 3.8) is 0 Å². The van der Waals surface area contributed by atoms with Gasteiger partial charge in [-0.3, -0.25) is 4.79 Å². The number of carbonyl (C=O) groups excluding carboxylic acids is 1. The van der Waals surface area contributed by atoms with E-state index in [9.17, 15) is 9.18 Å². The quantitative estimate of drug-likeness (QED) is 0.823. The van der Waals surface area contributed by atoms with Gasteiger partial charge in [-0.25, -0.2) is 4.39 Å². The van der Waals surface area contributed by atoms with Gasteiger partial charge in [-0.2, -0.15) is 0 Å². The van der Waals surface area contributed by atoms with Crippen LogP contribution in [0.15, 0.2) is 24.3 Å². The Bertz CT molecular complexity index is 657. The number of fused-ring (bicyclic) bond motifs is 1. The summed E-state index contributed by atoms with van der Waals surface area (Å²) >= 11 is 7.49. The molecule has 21 heavy (non-hydrogen) atoms. The van der Waals surface area contributed by atoms with Crippen molar-refractivity contribution < 1.29 is 9.18 Å². The van der Waals surface area contributed by atoms with Crippen LogP contribution in [0.4, 0.5) is 4.39 Å². The fourth-order valence-corrected chi connectivity index (χ4v) is 4.26. The molecular formula is C16H17ClFNOS. The molecule has 1 aromatic heterocycles. The summed E-state index contributed by atoms with van der Waals surface area (Å²) in [6.07, 6.45) is 4.31. The van der Waals surface area contributed by atoms with E-state index in [1.54, 1.807) is 6.07 Å². The fraction of sp³-hybridized carbons (Fsp3) is 0.438. The maximum Gasteiger partial charge on any atom is 0.261 e.